The molecule has 3 aromatic rings. The van der Waals surface area contributed by atoms with E-state index in [1.807, 2.05) is 30.3 Å². The van der Waals surface area contributed by atoms with Gasteiger partial charge in [-0.1, -0.05) is 18.2 Å². The number of benzene rings is 1. The summed E-state index contributed by atoms with van der Waals surface area (Å²) in [6.45, 7) is 0. The zero-order chi connectivity index (χ0) is 14.7. The average Bonchev–Trinajstić information content (AvgIpc) is 2.55. The Morgan fingerprint density at radius 1 is 1.05 bits per heavy atom. The molecule has 1 amide bonds. The normalized spacial score (nSPS) is 10.3. The van der Waals surface area contributed by atoms with Crippen LogP contribution in [0.1, 0.15) is 10.5 Å². The van der Waals surface area contributed by atoms with Gasteiger partial charge in [-0.25, -0.2) is 0 Å². The number of para-hydroxylation sites is 1. The van der Waals surface area contributed by atoms with Crippen molar-refractivity contribution < 1.29 is 4.79 Å². The quantitative estimate of drug-likeness (QED) is 0.769. The molecule has 0 saturated carbocycles. The van der Waals surface area contributed by atoms with Gasteiger partial charge >= 0.3 is 0 Å². The molecule has 21 heavy (non-hydrogen) atoms. The molecule has 2 N–H and O–H groups in total. The van der Waals surface area contributed by atoms with Crippen molar-refractivity contribution in [1.29, 1.82) is 0 Å². The summed E-state index contributed by atoms with van der Waals surface area (Å²) in [7, 11) is 1.74. The summed E-state index contributed by atoms with van der Waals surface area (Å²) in [6, 6.07) is 12.7. The second kappa shape index (κ2) is 5.54. The van der Waals surface area contributed by atoms with Crippen LogP contribution in [0.2, 0.25) is 0 Å². The Kier molecular flexibility index (Phi) is 3.42. The maximum absolute atomic E-state index is 12.2. The Morgan fingerprint density at radius 3 is 2.67 bits per heavy atom. The Labute approximate surface area is 121 Å². The Morgan fingerprint density at radius 2 is 1.90 bits per heavy atom. The molecular formula is C15H13N5O. The van der Waals surface area contributed by atoms with E-state index in [-0.39, 0.29) is 11.6 Å². The van der Waals surface area contributed by atoms with Crippen LogP contribution in [-0.2, 0) is 0 Å². The number of amides is 1. The van der Waals surface area contributed by atoms with E-state index in [9.17, 15) is 4.79 Å². The van der Waals surface area contributed by atoms with E-state index in [0.717, 1.165) is 10.9 Å². The minimum absolute atomic E-state index is 0.252. The van der Waals surface area contributed by atoms with Crippen molar-refractivity contribution in [2.75, 3.05) is 17.7 Å². The van der Waals surface area contributed by atoms with Gasteiger partial charge in [-0.3, -0.25) is 9.78 Å². The van der Waals surface area contributed by atoms with Crippen molar-refractivity contribution in [3.8, 4) is 0 Å². The van der Waals surface area contributed by atoms with E-state index in [2.05, 4.69) is 25.8 Å². The average molecular weight is 279 g/mol. The molecule has 2 heterocycles. The van der Waals surface area contributed by atoms with Gasteiger partial charge in [0.2, 0.25) is 0 Å². The van der Waals surface area contributed by atoms with E-state index >= 15 is 0 Å². The summed E-state index contributed by atoms with van der Waals surface area (Å²) < 4.78 is 0. The molecule has 0 aliphatic carbocycles. The highest BCUT2D eigenvalue weighted by Crippen LogP contribution is 2.21. The number of nitrogens with zero attached hydrogens (tertiary/aromatic N) is 3. The molecule has 0 aliphatic rings. The van der Waals surface area contributed by atoms with Crippen molar-refractivity contribution in [2.24, 2.45) is 0 Å². The highest BCUT2D eigenvalue weighted by atomic mass is 16.1. The fourth-order valence-electron chi connectivity index (χ4n) is 1.98. The second-order valence-corrected chi connectivity index (χ2v) is 4.39. The van der Waals surface area contributed by atoms with Crippen molar-refractivity contribution in [1.82, 2.24) is 15.2 Å². The SMILES string of the molecule is CNc1ccc(C(=O)Nc2cccc3cccnc23)nn1. The molecule has 1 aromatic carbocycles. The molecule has 0 unspecified atom stereocenters. The summed E-state index contributed by atoms with van der Waals surface area (Å²) in [6.07, 6.45) is 1.69. The summed E-state index contributed by atoms with van der Waals surface area (Å²) in [5, 5.41) is 14.4. The van der Waals surface area contributed by atoms with E-state index in [1.54, 1.807) is 25.4 Å². The predicted molar refractivity (Wildman–Crippen MR) is 81.3 cm³/mol. The molecule has 6 heteroatoms. The number of carbonyl (C=O) groups excluding carboxylic acids is 1. The van der Waals surface area contributed by atoms with Crippen LogP contribution >= 0.6 is 0 Å². The fraction of sp³-hybridized carbons (Fsp3) is 0.0667. The van der Waals surface area contributed by atoms with Gasteiger partial charge in [0.15, 0.2) is 5.69 Å². The minimum atomic E-state index is -0.316. The van der Waals surface area contributed by atoms with Crippen LogP contribution in [0, 0.1) is 0 Å². The summed E-state index contributed by atoms with van der Waals surface area (Å²) >= 11 is 0. The lowest BCUT2D eigenvalue weighted by atomic mass is 10.2. The first-order chi connectivity index (χ1) is 10.3. The zero-order valence-electron chi connectivity index (χ0n) is 11.4. The van der Waals surface area contributed by atoms with E-state index < -0.39 is 0 Å². The molecule has 104 valence electrons. The first kappa shape index (κ1) is 13.0. The highest BCUT2D eigenvalue weighted by Gasteiger charge is 2.10. The molecular weight excluding hydrogens is 266 g/mol. The first-order valence-corrected chi connectivity index (χ1v) is 6.44. The third-order valence-corrected chi connectivity index (χ3v) is 3.03. The van der Waals surface area contributed by atoms with Crippen LogP contribution in [0.15, 0.2) is 48.7 Å². The van der Waals surface area contributed by atoms with Crippen LogP contribution in [0.3, 0.4) is 0 Å². The number of hydrogen-bond acceptors (Lipinski definition) is 5. The molecule has 2 aromatic heterocycles. The number of anilines is 2. The third-order valence-electron chi connectivity index (χ3n) is 3.03. The summed E-state index contributed by atoms with van der Waals surface area (Å²) in [5.41, 5.74) is 1.65. The molecule has 3 rings (SSSR count). The molecule has 6 nitrogen and oxygen atoms in total. The number of aromatic nitrogens is 3. The van der Waals surface area contributed by atoms with Crippen molar-refractivity contribution in [3.63, 3.8) is 0 Å². The Bertz CT molecular complexity index is 780. The number of hydrogen-bond donors (Lipinski definition) is 2. The van der Waals surface area contributed by atoms with E-state index in [1.165, 1.54) is 0 Å². The number of nitrogens with one attached hydrogen (secondary N) is 2. The lowest BCUT2D eigenvalue weighted by Crippen LogP contribution is -2.15. The predicted octanol–water partition coefficient (Wildman–Crippen LogP) is 2.32. The Hall–Kier alpha value is -3.02. The largest absolute Gasteiger partial charge is 0.372 e. The van der Waals surface area contributed by atoms with Crippen molar-refractivity contribution in [2.45, 2.75) is 0 Å². The number of rotatable bonds is 3. The van der Waals surface area contributed by atoms with Crippen LogP contribution in [0.5, 0.6) is 0 Å². The maximum atomic E-state index is 12.2. The summed E-state index contributed by atoms with van der Waals surface area (Å²) in [4.78, 5) is 16.5. The molecule has 0 bridgehead atoms. The van der Waals surface area contributed by atoms with Crippen LogP contribution in [-0.4, -0.2) is 28.1 Å². The maximum Gasteiger partial charge on any atom is 0.276 e. The molecule has 0 spiro atoms. The van der Waals surface area contributed by atoms with Gasteiger partial charge < -0.3 is 10.6 Å². The van der Waals surface area contributed by atoms with Gasteiger partial charge in [0.1, 0.15) is 5.82 Å². The number of carbonyl (C=O) groups is 1. The molecule has 0 atom stereocenters. The number of pyridine rings is 1. The van der Waals surface area contributed by atoms with Crippen molar-refractivity contribution in [3.05, 3.63) is 54.4 Å². The number of fused-ring (bicyclic) bond motifs is 1. The van der Waals surface area contributed by atoms with Gasteiger partial charge in [-0.05, 0) is 24.3 Å². The zero-order valence-corrected chi connectivity index (χ0v) is 11.4. The summed E-state index contributed by atoms with van der Waals surface area (Å²) in [5.74, 6) is 0.293. The van der Waals surface area contributed by atoms with Crippen LogP contribution in [0.4, 0.5) is 11.5 Å². The van der Waals surface area contributed by atoms with E-state index in [0.29, 0.717) is 11.5 Å². The topological polar surface area (TPSA) is 79.8 Å². The molecule has 0 saturated heterocycles. The van der Waals surface area contributed by atoms with Gasteiger partial charge in [0, 0.05) is 18.6 Å². The smallest absolute Gasteiger partial charge is 0.276 e. The molecule has 0 aliphatic heterocycles. The van der Waals surface area contributed by atoms with Crippen LogP contribution in [0.25, 0.3) is 10.9 Å². The molecule has 0 fully saturated rings. The third kappa shape index (κ3) is 2.64. The van der Waals surface area contributed by atoms with Gasteiger partial charge in [0.05, 0.1) is 11.2 Å². The second-order valence-electron chi connectivity index (χ2n) is 4.39. The fourth-order valence-corrected chi connectivity index (χ4v) is 1.98. The van der Waals surface area contributed by atoms with Gasteiger partial charge in [-0.15, -0.1) is 10.2 Å². The van der Waals surface area contributed by atoms with Gasteiger partial charge in [0.25, 0.3) is 5.91 Å². The first-order valence-electron chi connectivity index (χ1n) is 6.44. The minimum Gasteiger partial charge on any atom is -0.372 e. The monoisotopic (exact) mass is 279 g/mol. The van der Waals surface area contributed by atoms with Crippen LogP contribution < -0.4 is 10.6 Å². The Balaban J connectivity index is 1.89. The lowest BCUT2D eigenvalue weighted by Gasteiger charge is -2.07. The standard InChI is InChI=1S/C15H13N5O/c1-16-13-8-7-12(19-20-13)15(21)18-11-6-2-4-10-5-3-9-17-14(10)11/h2-9H,1H3,(H,16,20)(H,18,21). The van der Waals surface area contributed by atoms with E-state index in [4.69, 9.17) is 0 Å². The highest BCUT2D eigenvalue weighted by molar-refractivity contribution is 6.07. The molecule has 0 radical (unpaired) electrons. The van der Waals surface area contributed by atoms with Gasteiger partial charge in [-0.2, -0.15) is 0 Å². The lowest BCUT2D eigenvalue weighted by molar-refractivity contribution is 0.102. The van der Waals surface area contributed by atoms with Crippen molar-refractivity contribution >= 4 is 28.3 Å².